The van der Waals surface area contributed by atoms with E-state index in [1.165, 1.54) is 104 Å². The Hall–Kier alpha value is -10.5. The maximum absolute atomic E-state index is 14.4. The molecule has 0 amide bonds. The van der Waals surface area contributed by atoms with E-state index in [2.05, 4.69) is 34.7 Å². The number of methoxy groups -OCH3 is 1. The minimum Gasteiger partial charge on any atom is -0.497 e. The van der Waals surface area contributed by atoms with Gasteiger partial charge >= 0.3 is 12.5 Å². The molecule has 9 heterocycles. The summed E-state index contributed by atoms with van der Waals surface area (Å²) in [7, 11) is 1.49. The average molecular weight is 1400 g/mol. The van der Waals surface area contributed by atoms with E-state index in [0.717, 1.165) is 128 Å². The summed E-state index contributed by atoms with van der Waals surface area (Å²) in [5.74, 6) is -1.58. The lowest BCUT2D eigenvalue weighted by atomic mass is 10.0. The van der Waals surface area contributed by atoms with E-state index >= 15 is 0 Å². The second-order valence-corrected chi connectivity index (χ2v) is 25.4. The van der Waals surface area contributed by atoms with Crippen LogP contribution in [0.2, 0.25) is 0 Å². The van der Waals surface area contributed by atoms with E-state index in [-0.39, 0.29) is 34.9 Å². The van der Waals surface area contributed by atoms with Crippen molar-refractivity contribution in [3.63, 3.8) is 0 Å². The molecule has 0 bridgehead atoms. The van der Waals surface area contributed by atoms with Crippen LogP contribution in [0.3, 0.4) is 0 Å². The Bertz CT molecular complexity index is 5150. The molecule has 0 aliphatic carbocycles. The smallest absolute Gasteiger partial charge is 0.497 e. The Kier molecular flexibility index (Phi) is 20.8. The van der Waals surface area contributed by atoms with Gasteiger partial charge in [-0.05, 0) is 203 Å². The number of hydrogen-bond acceptors (Lipinski definition) is 12. The number of fused-ring (bicyclic) bond motifs is 3. The molecule has 102 heavy (non-hydrogen) atoms. The Morgan fingerprint density at radius 2 is 0.873 bits per heavy atom. The van der Waals surface area contributed by atoms with Crippen LogP contribution in [0.15, 0.2) is 203 Å². The number of pyridine rings is 3. The van der Waals surface area contributed by atoms with Crippen molar-refractivity contribution in [3.05, 3.63) is 237 Å². The van der Waals surface area contributed by atoms with Gasteiger partial charge in [-0.15, -0.1) is 13.2 Å². The Morgan fingerprint density at radius 3 is 1.28 bits per heavy atom. The lowest BCUT2D eigenvalue weighted by Crippen LogP contribution is -2.34. The molecule has 12 aromatic rings. The zero-order valence-electron chi connectivity index (χ0n) is 55.6. The molecule has 18 nitrogen and oxygen atoms in total. The fraction of sp³-hybridized carbons (Fsp3) is 0.289. The van der Waals surface area contributed by atoms with Gasteiger partial charge in [-0.1, -0.05) is 12.1 Å². The summed E-state index contributed by atoms with van der Waals surface area (Å²) in [5.41, 5.74) is 5.65. The summed E-state index contributed by atoms with van der Waals surface area (Å²) in [6.07, 6.45) is 8.04. The normalized spacial score (nSPS) is 15.3. The number of halogens is 8. The van der Waals surface area contributed by atoms with Crippen LogP contribution >= 0.6 is 0 Å². The second kappa shape index (κ2) is 30.3. The molecule has 0 unspecified atom stereocenters. The molecule has 3 fully saturated rings. The van der Waals surface area contributed by atoms with E-state index in [9.17, 15) is 54.6 Å². The monoisotopic (exact) mass is 1400 g/mol. The fourth-order valence-corrected chi connectivity index (χ4v) is 13.5. The molecule has 3 aliphatic rings. The Balaban J connectivity index is 0.000000137. The molecule has 26 heteroatoms. The van der Waals surface area contributed by atoms with Crippen molar-refractivity contribution in [2.24, 2.45) is 0 Å². The summed E-state index contributed by atoms with van der Waals surface area (Å²) in [5, 5.41) is 25.8. The van der Waals surface area contributed by atoms with Crippen LogP contribution < -0.4 is 26.2 Å². The largest absolute Gasteiger partial charge is 0.573 e. The summed E-state index contributed by atoms with van der Waals surface area (Å²) >= 11 is 0. The predicted molar refractivity (Wildman–Crippen MR) is 373 cm³/mol. The number of aliphatic hydroxyl groups is 1. The number of rotatable bonds is 18. The lowest BCUT2D eigenvalue weighted by molar-refractivity contribution is -0.274. The van der Waals surface area contributed by atoms with Gasteiger partial charge in [0.1, 0.15) is 23.1 Å². The van der Waals surface area contributed by atoms with Crippen LogP contribution in [0, 0.1) is 11.6 Å². The second-order valence-electron chi connectivity index (χ2n) is 25.4. The van der Waals surface area contributed by atoms with E-state index in [1.807, 2.05) is 74.8 Å². The first kappa shape index (κ1) is 69.9. The number of hydrogen-bond donors (Lipinski definition) is 1. The number of benzene rings is 6. The topological polar surface area (TPSA) is 168 Å². The molecule has 0 spiro atoms. The zero-order valence-corrected chi connectivity index (χ0v) is 55.6. The van der Waals surface area contributed by atoms with Gasteiger partial charge in [-0.25, -0.2) is 8.78 Å². The highest BCUT2D eigenvalue weighted by Gasteiger charge is 2.32. The van der Waals surface area contributed by atoms with Crippen LogP contribution in [0.25, 0.3) is 83.2 Å². The summed E-state index contributed by atoms with van der Waals surface area (Å²) in [6.45, 7) is 10.9. The van der Waals surface area contributed by atoms with Crippen molar-refractivity contribution in [2.75, 3.05) is 66.1 Å². The molecule has 528 valence electrons. The van der Waals surface area contributed by atoms with Crippen molar-refractivity contribution < 1.29 is 49.7 Å². The third-order valence-electron chi connectivity index (χ3n) is 18.9. The minimum absolute atomic E-state index is 0.00138. The van der Waals surface area contributed by atoms with Gasteiger partial charge in [-0.3, -0.25) is 47.0 Å². The summed E-state index contributed by atoms with van der Waals surface area (Å²) in [6, 6.07) is 38.7. The van der Waals surface area contributed by atoms with Gasteiger partial charge in [0.2, 0.25) is 0 Å². The SMILES string of the molecule is COc1ccc(-c2ccn(-c3ccc4c(cnn4CCN4CCCC4)c3)c(=O)c2)c(F)c1.O=c1cc(-c2ccc(C(F)(F)F)cc2)ccn1-c1ccc2c(cnn2CCN2CCC[C@@H]2CO)c1.O=c1cc(-c2ccc(OC(F)(F)F)cc2F)ccn1-c1ccc2c(cnn2CCN2CCCC2)c1. The molecule has 0 saturated carbocycles. The van der Waals surface area contributed by atoms with Gasteiger partial charge < -0.3 is 24.4 Å². The summed E-state index contributed by atoms with van der Waals surface area (Å²) in [4.78, 5) is 45.6. The maximum atomic E-state index is 14.4. The van der Waals surface area contributed by atoms with E-state index < -0.39 is 41.0 Å². The highest BCUT2D eigenvalue weighted by atomic mass is 19.4. The van der Waals surface area contributed by atoms with Gasteiger partial charge in [0.15, 0.2) is 0 Å². The van der Waals surface area contributed by atoms with Crippen molar-refractivity contribution in [1.29, 1.82) is 0 Å². The third-order valence-corrected chi connectivity index (χ3v) is 18.9. The highest BCUT2D eigenvalue weighted by molar-refractivity contribution is 5.83. The molecule has 1 atom stereocenters. The van der Waals surface area contributed by atoms with Crippen molar-refractivity contribution in [1.82, 2.24) is 57.7 Å². The number of likely N-dealkylation sites (tertiary alicyclic amines) is 3. The lowest BCUT2D eigenvalue weighted by Gasteiger charge is -2.22. The number of aromatic nitrogens is 9. The van der Waals surface area contributed by atoms with E-state index in [1.54, 1.807) is 53.6 Å². The number of ether oxygens (including phenoxy) is 2. The predicted octanol–water partition coefficient (Wildman–Crippen LogP) is 13.4. The molecule has 3 saturated heterocycles. The molecule has 6 aromatic carbocycles. The molecule has 15 rings (SSSR count). The van der Waals surface area contributed by atoms with E-state index in [4.69, 9.17) is 4.74 Å². The van der Waals surface area contributed by atoms with Gasteiger partial charge in [-0.2, -0.15) is 28.5 Å². The van der Waals surface area contributed by atoms with Gasteiger partial charge in [0, 0.05) is 119 Å². The first-order valence-corrected chi connectivity index (χ1v) is 33.7. The van der Waals surface area contributed by atoms with E-state index in [0.29, 0.717) is 52.0 Å². The quantitative estimate of drug-likeness (QED) is 0.0809. The molecular weight excluding hydrogens is 1330 g/mol. The highest BCUT2D eigenvalue weighted by Crippen LogP contribution is 2.33. The third kappa shape index (κ3) is 16.1. The average Bonchev–Trinajstić information content (AvgIpc) is 1.48. The molecular formula is C76H72F8N12O6. The van der Waals surface area contributed by atoms with Crippen molar-refractivity contribution in [3.8, 4) is 61.9 Å². The zero-order chi connectivity index (χ0) is 71.2. The summed E-state index contributed by atoms with van der Waals surface area (Å²) < 4.78 is 124. The molecule has 3 aliphatic heterocycles. The van der Waals surface area contributed by atoms with Gasteiger partial charge in [0.05, 0.1) is 74.1 Å². The Morgan fingerprint density at radius 1 is 0.451 bits per heavy atom. The first-order valence-electron chi connectivity index (χ1n) is 33.7. The first-order chi connectivity index (χ1) is 49.2. The van der Waals surface area contributed by atoms with Crippen LogP contribution in [0.4, 0.5) is 35.1 Å². The van der Waals surface area contributed by atoms with Crippen LogP contribution in [-0.4, -0.2) is 141 Å². The van der Waals surface area contributed by atoms with Crippen molar-refractivity contribution in [2.45, 2.75) is 76.7 Å². The number of alkyl halides is 6. The Labute approximate surface area is 579 Å². The molecule has 6 aromatic heterocycles. The fourth-order valence-electron chi connectivity index (χ4n) is 13.5. The van der Waals surface area contributed by atoms with Crippen LogP contribution in [-0.2, 0) is 25.8 Å². The van der Waals surface area contributed by atoms with Crippen LogP contribution in [0.5, 0.6) is 11.5 Å². The molecule has 1 N–H and O–H groups in total. The molecule has 0 radical (unpaired) electrons. The number of nitrogens with zero attached hydrogens (tertiary/aromatic N) is 12. The van der Waals surface area contributed by atoms with Crippen molar-refractivity contribution >= 4 is 32.7 Å². The minimum atomic E-state index is -4.92. The number of aliphatic hydroxyl groups excluding tert-OH is 1. The van der Waals surface area contributed by atoms with Gasteiger partial charge in [0.25, 0.3) is 16.7 Å². The maximum Gasteiger partial charge on any atom is 0.573 e. The van der Waals surface area contributed by atoms with Crippen LogP contribution in [0.1, 0.15) is 44.1 Å². The standard InChI is InChI=1S/C26H25F3N4O2.C25H22F4N4O2.C25H25FN4O2/c27-26(28,29)21-5-3-18(4-6-21)19-9-11-32(25(35)15-19)22-7-8-24-20(14-22)16-30-33(24)13-12-31-10-1-2-23(31)17-34;26-22-15-20(35-25(27,28)29)4-5-21(22)17-7-10-32(24(34)14-17)19-3-6-23-18(13-19)16-30-33(23)12-11-31-8-1-2-9-31;1-32-21-5-6-22(23(26)16-21)18-8-11-29(25(31)15-18)20-4-7-24-19(14-20)17-27-30(24)13-12-28-9-2-3-10-28/h3-9,11,14-16,23,34H,1-2,10,12-13,17H2;3-7,10,13-16H,1-2,8-9,11-12H2;4-8,11,14-17H,2-3,9-10,12-13H2,1H3/t23-;;/m1../s1.